The van der Waals surface area contributed by atoms with Crippen molar-refractivity contribution in [2.24, 2.45) is 16.6 Å². The molecule has 0 spiro atoms. The number of ether oxygens (including phenoxy) is 1. The fraction of sp³-hybridized carbons (Fsp3) is 0.348. The summed E-state index contributed by atoms with van der Waals surface area (Å²) in [6.07, 6.45) is -5.29. The van der Waals surface area contributed by atoms with Crippen molar-refractivity contribution in [1.29, 1.82) is 0 Å². The van der Waals surface area contributed by atoms with Gasteiger partial charge in [-0.15, -0.1) is 0 Å². The van der Waals surface area contributed by atoms with Crippen LogP contribution in [-0.2, 0) is 37.4 Å². The number of sulfonamides is 1. The Bertz CT molecular complexity index is 1410. The molecular weight excluding hydrogens is 579 g/mol. The number of carbonyl (C=O) groups excluding carboxylic acids is 1. The minimum absolute atomic E-state index is 0.0650. The van der Waals surface area contributed by atoms with Gasteiger partial charge in [0.15, 0.2) is 0 Å². The predicted octanol–water partition coefficient (Wildman–Crippen LogP) is 1.82. The first-order chi connectivity index (χ1) is 19.1. The van der Waals surface area contributed by atoms with Gasteiger partial charge in [-0.25, -0.2) is 8.42 Å². The van der Waals surface area contributed by atoms with Gasteiger partial charge in [-0.3, -0.25) is 19.7 Å². The number of hydrogen-bond acceptors (Lipinski definition) is 9. The summed E-state index contributed by atoms with van der Waals surface area (Å²) in [5.41, 5.74) is 11.4. The Morgan fingerprint density at radius 1 is 1.22 bits per heavy atom. The van der Waals surface area contributed by atoms with Crippen LogP contribution in [0.1, 0.15) is 23.1 Å². The molecule has 0 radical (unpaired) electrons. The molecule has 14 nitrogen and oxygen atoms in total. The smallest absolute Gasteiger partial charge is 0.446 e. The van der Waals surface area contributed by atoms with E-state index in [1.807, 2.05) is 0 Å². The second kappa shape index (κ2) is 13.8. The Balaban J connectivity index is 0.000000883. The van der Waals surface area contributed by atoms with E-state index in [1.165, 1.54) is 19.1 Å². The standard InChI is InChI=1S/C21H25N5O8S.C2HF3O/c1-13-3-5-16(26(29)30)11-19(13)35(31,32)25-12-15-9-17(33-7-2-8-34-24-21(22)23)6-4-14(15)10-18(25)20(27)28;3-2(4,5)1-6/h3-6,9,11,18H,2,7-8,10,12H2,1H3,(H,27,28)(H4,22,23,24);1H/t18-;/m0./s1. The molecule has 3 rings (SSSR count). The number of benzene rings is 2. The zero-order valence-corrected chi connectivity index (χ0v) is 22.2. The first-order valence-electron chi connectivity index (χ1n) is 11.5. The highest BCUT2D eigenvalue weighted by molar-refractivity contribution is 7.89. The molecule has 0 saturated carbocycles. The summed E-state index contributed by atoms with van der Waals surface area (Å²) < 4.78 is 64.7. The Labute approximate surface area is 231 Å². The van der Waals surface area contributed by atoms with Gasteiger partial charge in [0.05, 0.1) is 16.4 Å². The lowest BCUT2D eigenvalue weighted by Crippen LogP contribution is -2.48. The average Bonchev–Trinajstić information content (AvgIpc) is 2.89. The Morgan fingerprint density at radius 2 is 1.88 bits per heavy atom. The maximum atomic E-state index is 13.5. The van der Waals surface area contributed by atoms with E-state index in [0.717, 1.165) is 10.4 Å². The number of alkyl halides is 3. The average molecular weight is 606 g/mol. The van der Waals surface area contributed by atoms with Crippen molar-refractivity contribution >= 4 is 33.9 Å². The Morgan fingerprint density at radius 3 is 2.44 bits per heavy atom. The van der Waals surface area contributed by atoms with Crippen molar-refractivity contribution in [3.05, 3.63) is 63.2 Å². The van der Waals surface area contributed by atoms with Crippen molar-refractivity contribution in [2.45, 2.75) is 43.4 Å². The number of aryl methyl sites for hydroxylation is 1. The number of aliphatic carboxylic acids is 1. The molecule has 5 N–H and O–H groups in total. The second-order valence-corrected chi connectivity index (χ2v) is 10.3. The van der Waals surface area contributed by atoms with E-state index in [9.17, 15) is 41.6 Å². The van der Waals surface area contributed by atoms with Gasteiger partial charge >= 0.3 is 12.1 Å². The number of guanidine groups is 1. The van der Waals surface area contributed by atoms with Crippen LogP contribution in [0.3, 0.4) is 0 Å². The Hall–Kier alpha value is -4.45. The molecule has 224 valence electrons. The number of non-ortho nitro benzene ring substituents is 1. The number of carbonyl (C=O) groups is 2. The van der Waals surface area contributed by atoms with Crippen LogP contribution in [0.5, 0.6) is 5.75 Å². The van der Waals surface area contributed by atoms with Gasteiger partial charge in [0.2, 0.25) is 22.3 Å². The number of carboxylic acids is 1. The summed E-state index contributed by atoms with van der Waals surface area (Å²) >= 11 is 0. The van der Waals surface area contributed by atoms with Gasteiger partial charge in [-0.1, -0.05) is 12.1 Å². The minimum atomic E-state index is -4.64. The molecule has 1 atom stereocenters. The van der Waals surface area contributed by atoms with E-state index in [4.69, 9.17) is 25.8 Å². The molecule has 2 aromatic carbocycles. The highest BCUT2D eigenvalue weighted by Crippen LogP contribution is 2.33. The van der Waals surface area contributed by atoms with E-state index >= 15 is 0 Å². The molecule has 2 aromatic rings. The van der Waals surface area contributed by atoms with Crippen LogP contribution >= 0.6 is 0 Å². The normalized spacial score (nSPS) is 15.0. The maximum Gasteiger partial charge on any atom is 0.446 e. The topological polar surface area (TPSA) is 218 Å². The van der Waals surface area contributed by atoms with Crippen LogP contribution in [0.25, 0.3) is 0 Å². The molecule has 18 heteroatoms. The number of fused-ring (bicyclic) bond motifs is 1. The SMILES string of the molecule is Cc1ccc([N+](=O)[O-])cc1S(=O)(=O)N1Cc2cc(OCCCON=C(N)N)ccc2C[C@H]1C(=O)O.O=CC(F)(F)F. The third-order valence-electron chi connectivity index (χ3n) is 5.47. The van der Waals surface area contributed by atoms with Crippen molar-refractivity contribution in [3.8, 4) is 5.75 Å². The first kappa shape index (κ1) is 32.8. The predicted molar refractivity (Wildman–Crippen MR) is 136 cm³/mol. The summed E-state index contributed by atoms with van der Waals surface area (Å²) in [6, 6.07) is 7.10. The molecule has 1 aliphatic heterocycles. The van der Waals surface area contributed by atoms with E-state index in [1.54, 1.807) is 18.2 Å². The molecule has 1 heterocycles. The van der Waals surface area contributed by atoms with Crippen molar-refractivity contribution in [2.75, 3.05) is 13.2 Å². The highest BCUT2D eigenvalue weighted by Gasteiger charge is 2.40. The molecule has 0 bridgehead atoms. The summed E-state index contributed by atoms with van der Waals surface area (Å²) in [5.74, 6) is -1.05. The lowest BCUT2D eigenvalue weighted by molar-refractivity contribution is -0.385. The van der Waals surface area contributed by atoms with Crippen LogP contribution in [0.4, 0.5) is 18.9 Å². The molecule has 0 amide bonds. The number of nitrogens with two attached hydrogens (primary N) is 2. The van der Waals surface area contributed by atoms with E-state index in [-0.39, 0.29) is 42.6 Å². The fourth-order valence-electron chi connectivity index (χ4n) is 3.63. The molecule has 0 aliphatic carbocycles. The zero-order chi connectivity index (χ0) is 31.0. The largest absolute Gasteiger partial charge is 0.493 e. The summed E-state index contributed by atoms with van der Waals surface area (Å²) in [7, 11) is -4.37. The molecule has 41 heavy (non-hydrogen) atoms. The summed E-state index contributed by atoms with van der Waals surface area (Å²) in [6.45, 7) is 1.75. The first-order valence-corrected chi connectivity index (χ1v) is 13.0. The molecule has 0 unspecified atom stereocenters. The number of aldehydes is 1. The fourth-order valence-corrected chi connectivity index (χ4v) is 5.44. The van der Waals surface area contributed by atoms with Crippen LogP contribution in [0, 0.1) is 17.0 Å². The van der Waals surface area contributed by atoms with Gasteiger partial charge in [0.25, 0.3) is 5.69 Å². The number of nitrogens with zero attached hydrogens (tertiary/aromatic N) is 3. The highest BCUT2D eigenvalue weighted by atomic mass is 32.2. The summed E-state index contributed by atoms with van der Waals surface area (Å²) in [5, 5.41) is 24.3. The lowest BCUT2D eigenvalue weighted by atomic mass is 9.95. The van der Waals surface area contributed by atoms with E-state index in [2.05, 4.69) is 5.16 Å². The van der Waals surface area contributed by atoms with Gasteiger partial charge in [0, 0.05) is 31.5 Å². The van der Waals surface area contributed by atoms with Crippen LogP contribution < -0.4 is 16.2 Å². The van der Waals surface area contributed by atoms with Crippen LogP contribution in [0.2, 0.25) is 0 Å². The minimum Gasteiger partial charge on any atom is -0.493 e. The lowest BCUT2D eigenvalue weighted by Gasteiger charge is -2.34. The van der Waals surface area contributed by atoms with Gasteiger partial charge in [-0.2, -0.15) is 17.5 Å². The summed E-state index contributed by atoms with van der Waals surface area (Å²) in [4.78, 5) is 35.7. The van der Waals surface area contributed by atoms with Crippen molar-refractivity contribution in [3.63, 3.8) is 0 Å². The van der Waals surface area contributed by atoms with Crippen molar-refractivity contribution in [1.82, 2.24) is 4.31 Å². The molecule has 0 fully saturated rings. The van der Waals surface area contributed by atoms with E-state index < -0.39 is 45.1 Å². The number of nitro groups is 1. The molecule has 1 aliphatic rings. The number of halogens is 3. The van der Waals surface area contributed by atoms with Gasteiger partial charge in [-0.05, 0) is 40.9 Å². The monoisotopic (exact) mass is 605 g/mol. The number of hydrogen-bond donors (Lipinski definition) is 3. The maximum absolute atomic E-state index is 13.5. The number of rotatable bonds is 10. The molecule has 0 aromatic heterocycles. The van der Waals surface area contributed by atoms with Crippen molar-refractivity contribution < 1.29 is 50.8 Å². The number of nitro benzene ring substituents is 1. The third-order valence-corrected chi connectivity index (χ3v) is 7.47. The van der Waals surface area contributed by atoms with E-state index in [0.29, 0.717) is 23.3 Å². The molecule has 0 saturated heterocycles. The third kappa shape index (κ3) is 9.31. The number of oxime groups is 1. The Kier molecular flexibility index (Phi) is 11.0. The number of carboxylic acid groups (broad SMARTS) is 1. The zero-order valence-electron chi connectivity index (χ0n) is 21.4. The van der Waals surface area contributed by atoms with Crippen LogP contribution in [0.15, 0.2) is 46.4 Å². The molecular formula is C23H26F3N5O9S. The van der Waals surface area contributed by atoms with Crippen LogP contribution in [-0.4, -0.2) is 66.4 Å². The quantitative estimate of drug-likeness (QED) is 0.0886. The van der Waals surface area contributed by atoms with Gasteiger partial charge < -0.3 is 26.1 Å². The van der Waals surface area contributed by atoms with Gasteiger partial charge in [0.1, 0.15) is 18.4 Å². The second-order valence-electron chi connectivity index (χ2n) is 8.46.